The summed E-state index contributed by atoms with van der Waals surface area (Å²) < 4.78 is 28.4. The van der Waals surface area contributed by atoms with Gasteiger partial charge in [-0.05, 0) is 70.5 Å². The molecule has 0 aliphatic heterocycles. The maximum Gasteiger partial charge on any atom is 0.142 e. The molecule has 0 heterocycles. The molecule has 3 heteroatoms. The van der Waals surface area contributed by atoms with Gasteiger partial charge in [-0.1, -0.05) is 49.2 Å². The molecule has 0 bridgehead atoms. The SMILES string of the molecule is CCCc1ccc2c(c1)Cc1cc(-c3ccc(Cl)c(F)c3)c(F)cc1-2. The van der Waals surface area contributed by atoms with Crippen LogP contribution in [0.15, 0.2) is 48.5 Å². The molecule has 3 aromatic carbocycles. The third kappa shape index (κ3) is 2.85. The lowest BCUT2D eigenvalue weighted by atomic mass is 9.98. The van der Waals surface area contributed by atoms with Crippen LogP contribution in [0.2, 0.25) is 5.02 Å². The van der Waals surface area contributed by atoms with Gasteiger partial charge >= 0.3 is 0 Å². The van der Waals surface area contributed by atoms with E-state index in [1.807, 2.05) is 6.07 Å². The Labute approximate surface area is 151 Å². The van der Waals surface area contributed by atoms with Crippen LogP contribution in [0.1, 0.15) is 30.0 Å². The van der Waals surface area contributed by atoms with Gasteiger partial charge < -0.3 is 0 Å². The first-order valence-electron chi connectivity index (χ1n) is 8.47. The Morgan fingerprint density at radius 1 is 0.840 bits per heavy atom. The van der Waals surface area contributed by atoms with Crippen molar-refractivity contribution in [2.45, 2.75) is 26.2 Å². The van der Waals surface area contributed by atoms with Gasteiger partial charge in [-0.25, -0.2) is 8.78 Å². The highest BCUT2D eigenvalue weighted by Crippen LogP contribution is 2.40. The standard InChI is InChI=1S/C22H17ClF2/c1-2-3-13-4-6-17-15(8-13)9-16-10-19(21(24)12-18(16)17)14-5-7-20(23)22(25)11-14/h4-8,10-12H,2-3,9H2,1H3. The minimum Gasteiger partial charge on any atom is -0.206 e. The molecule has 4 rings (SSSR count). The average Bonchev–Trinajstić information content (AvgIpc) is 2.94. The summed E-state index contributed by atoms with van der Waals surface area (Å²) in [7, 11) is 0. The summed E-state index contributed by atoms with van der Waals surface area (Å²) in [5, 5.41) is 0.0428. The summed E-state index contributed by atoms with van der Waals surface area (Å²) in [6.45, 7) is 2.16. The van der Waals surface area contributed by atoms with E-state index in [4.69, 9.17) is 11.6 Å². The monoisotopic (exact) mass is 354 g/mol. The molecule has 1 aliphatic rings. The maximum atomic E-state index is 14.7. The summed E-state index contributed by atoms with van der Waals surface area (Å²) in [5.74, 6) is -0.877. The molecule has 0 N–H and O–H groups in total. The molecule has 0 spiro atoms. The molecular weight excluding hydrogens is 338 g/mol. The Bertz CT molecular complexity index is 976. The van der Waals surface area contributed by atoms with Gasteiger partial charge in [0.25, 0.3) is 0 Å². The lowest BCUT2D eigenvalue weighted by molar-refractivity contribution is 0.625. The van der Waals surface area contributed by atoms with Crippen LogP contribution in [0, 0.1) is 11.6 Å². The summed E-state index contributed by atoms with van der Waals surface area (Å²) in [6.07, 6.45) is 2.94. The molecule has 1 aliphatic carbocycles. The van der Waals surface area contributed by atoms with Gasteiger partial charge in [-0.2, -0.15) is 0 Å². The fourth-order valence-electron chi connectivity index (χ4n) is 3.61. The Morgan fingerprint density at radius 2 is 1.64 bits per heavy atom. The zero-order chi connectivity index (χ0) is 17.6. The second kappa shape index (κ2) is 6.27. The van der Waals surface area contributed by atoms with Gasteiger partial charge in [0.1, 0.15) is 11.6 Å². The van der Waals surface area contributed by atoms with Gasteiger partial charge in [-0.3, -0.25) is 0 Å². The lowest BCUT2D eigenvalue weighted by Crippen LogP contribution is -1.90. The van der Waals surface area contributed by atoms with Crippen molar-refractivity contribution in [2.24, 2.45) is 0 Å². The number of aryl methyl sites for hydroxylation is 1. The fourth-order valence-corrected chi connectivity index (χ4v) is 3.72. The van der Waals surface area contributed by atoms with Crippen molar-refractivity contribution in [1.29, 1.82) is 0 Å². The average molecular weight is 355 g/mol. The summed E-state index contributed by atoms with van der Waals surface area (Å²) >= 11 is 5.73. The Balaban J connectivity index is 1.78. The quantitative estimate of drug-likeness (QED) is 0.379. The summed E-state index contributed by atoms with van der Waals surface area (Å²) in [4.78, 5) is 0. The van der Waals surface area contributed by atoms with Crippen molar-refractivity contribution >= 4 is 11.6 Å². The number of fused-ring (bicyclic) bond motifs is 3. The Morgan fingerprint density at radius 3 is 2.40 bits per heavy atom. The van der Waals surface area contributed by atoms with Crippen LogP contribution in [0.3, 0.4) is 0 Å². The van der Waals surface area contributed by atoms with Crippen LogP contribution in [0.4, 0.5) is 8.78 Å². The van der Waals surface area contributed by atoms with Crippen molar-refractivity contribution in [3.05, 3.63) is 81.9 Å². The number of halogens is 3. The lowest BCUT2D eigenvalue weighted by Gasteiger charge is -2.09. The molecule has 0 unspecified atom stereocenters. The van der Waals surface area contributed by atoms with Crippen molar-refractivity contribution in [2.75, 3.05) is 0 Å². The molecule has 0 saturated carbocycles. The second-order valence-electron chi connectivity index (χ2n) is 6.54. The summed E-state index contributed by atoms with van der Waals surface area (Å²) in [5.41, 5.74) is 6.58. The van der Waals surface area contributed by atoms with Gasteiger partial charge in [0.15, 0.2) is 0 Å². The molecule has 0 saturated heterocycles. The third-order valence-electron chi connectivity index (χ3n) is 4.80. The van der Waals surface area contributed by atoms with E-state index in [2.05, 4.69) is 25.1 Å². The predicted molar refractivity (Wildman–Crippen MR) is 99.0 cm³/mol. The smallest absolute Gasteiger partial charge is 0.142 e. The molecule has 0 fully saturated rings. The van der Waals surface area contributed by atoms with Gasteiger partial charge in [0, 0.05) is 5.56 Å². The molecule has 0 aromatic heterocycles. The number of hydrogen-bond acceptors (Lipinski definition) is 0. The van der Waals surface area contributed by atoms with Gasteiger partial charge in [-0.15, -0.1) is 0 Å². The van der Waals surface area contributed by atoms with Crippen molar-refractivity contribution < 1.29 is 8.78 Å². The van der Waals surface area contributed by atoms with E-state index in [9.17, 15) is 8.78 Å². The van der Waals surface area contributed by atoms with Crippen molar-refractivity contribution in [3.8, 4) is 22.3 Å². The minimum atomic E-state index is -0.536. The van der Waals surface area contributed by atoms with E-state index in [1.165, 1.54) is 23.3 Å². The van der Waals surface area contributed by atoms with Crippen LogP contribution in [-0.4, -0.2) is 0 Å². The Kier molecular flexibility index (Phi) is 4.09. The topological polar surface area (TPSA) is 0 Å². The first-order chi connectivity index (χ1) is 12.1. The number of hydrogen-bond donors (Lipinski definition) is 0. The molecule has 0 atom stereocenters. The van der Waals surface area contributed by atoms with Crippen molar-refractivity contribution in [1.82, 2.24) is 0 Å². The molecule has 0 nitrogen and oxygen atoms in total. The van der Waals surface area contributed by atoms with E-state index in [0.29, 0.717) is 11.1 Å². The zero-order valence-corrected chi connectivity index (χ0v) is 14.6. The van der Waals surface area contributed by atoms with E-state index < -0.39 is 5.82 Å². The first kappa shape index (κ1) is 16.3. The van der Waals surface area contributed by atoms with E-state index in [1.54, 1.807) is 12.1 Å². The third-order valence-corrected chi connectivity index (χ3v) is 5.11. The zero-order valence-electron chi connectivity index (χ0n) is 13.9. The number of benzene rings is 3. The van der Waals surface area contributed by atoms with Crippen LogP contribution in [0.5, 0.6) is 0 Å². The van der Waals surface area contributed by atoms with Crippen molar-refractivity contribution in [3.63, 3.8) is 0 Å². The van der Waals surface area contributed by atoms with Crippen LogP contribution >= 0.6 is 11.6 Å². The van der Waals surface area contributed by atoms with Crippen LogP contribution in [0.25, 0.3) is 22.3 Å². The highest BCUT2D eigenvalue weighted by atomic mass is 35.5. The molecule has 126 valence electrons. The molecule has 0 radical (unpaired) electrons. The minimum absolute atomic E-state index is 0.0428. The van der Waals surface area contributed by atoms with E-state index in [-0.39, 0.29) is 10.8 Å². The highest BCUT2D eigenvalue weighted by Gasteiger charge is 2.22. The normalized spacial score (nSPS) is 12.2. The maximum absolute atomic E-state index is 14.7. The van der Waals surface area contributed by atoms with Gasteiger partial charge in [0.2, 0.25) is 0 Å². The van der Waals surface area contributed by atoms with Crippen LogP contribution < -0.4 is 0 Å². The molecule has 25 heavy (non-hydrogen) atoms. The van der Waals surface area contributed by atoms with Crippen LogP contribution in [-0.2, 0) is 12.8 Å². The summed E-state index contributed by atoms with van der Waals surface area (Å²) in [6, 6.07) is 14.2. The molecular formula is C22H17ClF2. The second-order valence-corrected chi connectivity index (χ2v) is 6.94. The fraction of sp³-hybridized carbons (Fsp3) is 0.182. The first-order valence-corrected chi connectivity index (χ1v) is 8.84. The molecule has 3 aromatic rings. The Hall–Kier alpha value is -2.19. The van der Waals surface area contributed by atoms with E-state index in [0.717, 1.165) is 36.0 Å². The predicted octanol–water partition coefficient (Wildman–Crippen LogP) is 6.81. The number of rotatable bonds is 3. The largest absolute Gasteiger partial charge is 0.206 e. The molecule has 0 amide bonds. The van der Waals surface area contributed by atoms with Gasteiger partial charge in [0.05, 0.1) is 5.02 Å². The highest BCUT2D eigenvalue weighted by molar-refractivity contribution is 6.30. The van der Waals surface area contributed by atoms with E-state index >= 15 is 0 Å².